The smallest absolute Gasteiger partial charge is 0.225 e. The summed E-state index contributed by atoms with van der Waals surface area (Å²) in [5.74, 6) is 1.92. The second kappa shape index (κ2) is 11.3. The highest BCUT2D eigenvalue weighted by molar-refractivity contribution is 14.0. The van der Waals surface area contributed by atoms with Gasteiger partial charge in [-0.2, -0.15) is 0 Å². The number of hydrogen-bond acceptors (Lipinski definition) is 6. The van der Waals surface area contributed by atoms with Crippen molar-refractivity contribution in [2.45, 2.75) is 6.92 Å². The van der Waals surface area contributed by atoms with Crippen LogP contribution in [0.3, 0.4) is 0 Å². The van der Waals surface area contributed by atoms with E-state index in [2.05, 4.69) is 35.0 Å². The van der Waals surface area contributed by atoms with Gasteiger partial charge in [0.2, 0.25) is 11.9 Å². The number of guanidine groups is 1. The maximum absolute atomic E-state index is 11.4. The average molecular weight is 502 g/mol. The highest BCUT2D eigenvalue weighted by atomic mass is 127. The fourth-order valence-electron chi connectivity index (χ4n) is 3.52. The van der Waals surface area contributed by atoms with Crippen LogP contribution in [-0.4, -0.2) is 109 Å². The van der Waals surface area contributed by atoms with Crippen LogP contribution in [0.2, 0.25) is 0 Å². The zero-order chi connectivity index (χ0) is 19.1. The molecule has 0 bridgehead atoms. The Morgan fingerprint density at radius 3 is 2.21 bits per heavy atom. The predicted octanol–water partition coefficient (Wildman–Crippen LogP) is -0.0439. The molecule has 0 unspecified atom stereocenters. The van der Waals surface area contributed by atoms with E-state index < -0.39 is 0 Å². The Morgan fingerprint density at radius 2 is 1.64 bits per heavy atom. The summed E-state index contributed by atoms with van der Waals surface area (Å²) in [5.41, 5.74) is 0. The topological polar surface area (TPSA) is 80.2 Å². The minimum Gasteiger partial charge on any atom is -0.355 e. The number of amides is 1. The van der Waals surface area contributed by atoms with Crippen LogP contribution >= 0.6 is 24.0 Å². The molecule has 9 nitrogen and oxygen atoms in total. The number of carbonyl (C=O) groups excluding carboxylic acids is 1. The number of halogens is 1. The Balaban J connectivity index is 0.00000280. The predicted molar refractivity (Wildman–Crippen MR) is 121 cm³/mol. The minimum atomic E-state index is 0. The van der Waals surface area contributed by atoms with Crippen molar-refractivity contribution >= 4 is 41.8 Å². The Hall–Kier alpha value is -1.69. The first-order valence-electron chi connectivity index (χ1n) is 9.63. The molecule has 3 heterocycles. The Bertz CT molecular complexity index is 628. The lowest BCUT2D eigenvalue weighted by atomic mass is 10.3. The highest BCUT2D eigenvalue weighted by Crippen LogP contribution is 2.09. The summed E-state index contributed by atoms with van der Waals surface area (Å²) in [7, 11) is 1.83. The number of aliphatic imine (C=N–C) groups is 1. The Morgan fingerprint density at radius 1 is 1.04 bits per heavy atom. The van der Waals surface area contributed by atoms with Crippen LogP contribution in [0.5, 0.6) is 0 Å². The van der Waals surface area contributed by atoms with E-state index in [9.17, 15) is 4.79 Å². The number of aromatic nitrogens is 2. The summed E-state index contributed by atoms with van der Waals surface area (Å²) < 4.78 is 0. The number of rotatable bonds is 4. The molecule has 2 saturated heterocycles. The van der Waals surface area contributed by atoms with Gasteiger partial charge in [0.15, 0.2) is 5.96 Å². The second-order valence-electron chi connectivity index (χ2n) is 6.84. The Labute approximate surface area is 184 Å². The van der Waals surface area contributed by atoms with Crippen LogP contribution in [-0.2, 0) is 4.79 Å². The van der Waals surface area contributed by atoms with Crippen molar-refractivity contribution in [2.75, 3.05) is 77.4 Å². The van der Waals surface area contributed by atoms with Gasteiger partial charge >= 0.3 is 0 Å². The van der Waals surface area contributed by atoms with E-state index in [0.717, 1.165) is 77.4 Å². The molecule has 1 aromatic heterocycles. The van der Waals surface area contributed by atoms with Gasteiger partial charge in [0.05, 0.1) is 0 Å². The average Bonchev–Trinajstić information content (AvgIpc) is 2.72. The summed E-state index contributed by atoms with van der Waals surface area (Å²) in [6.45, 7) is 10.6. The third-order valence-electron chi connectivity index (χ3n) is 5.15. The van der Waals surface area contributed by atoms with Gasteiger partial charge in [0.1, 0.15) is 0 Å². The van der Waals surface area contributed by atoms with E-state index in [4.69, 9.17) is 0 Å². The summed E-state index contributed by atoms with van der Waals surface area (Å²) in [6, 6.07) is 1.84. The maximum atomic E-state index is 11.4. The number of nitrogens with zero attached hydrogens (tertiary/aromatic N) is 7. The first kappa shape index (κ1) is 22.6. The van der Waals surface area contributed by atoms with Gasteiger partial charge in [-0.1, -0.05) is 0 Å². The van der Waals surface area contributed by atoms with Gasteiger partial charge in [-0.3, -0.25) is 14.7 Å². The molecule has 156 valence electrons. The standard InChI is InChI=1S/C18H30N8O.HI/c1-16(27)24-10-8-23(9-11-24)7-6-22-17(19-2)25-12-14-26(15-13-25)18-20-4-3-5-21-18;/h3-5H,6-15H2,1-2H3,(H,19,22);1H. The summed E-state index contributed by atoms with van der Waals surface area (Å²) in [6.07, 6.45) is 3.57. The SMILES string of the molecule is CN=C(NCCN1CCN(C(C)=O)CC1)N1CCN(c2ncccn2)CC1.I. The largest absolute Gasteiger partial charge is 0.355 e. The lowest BCUT2D eigenvalue weighted by molar-refractivity contribution is -0.130. The molecular weight excluding hydrogens is 471 g/mol. The lowest BCUT2D eigenvalue weighted by Crippen LogP contribution is -2.54. The van der Waals surface area contributed by atoms with E-state index in [1.54, 1.807) is 19.3 Å². The van der Waals surface area contributed by atoms with E-state index in [1.165, 1.54) is 0 Å². The monoisotopic (exact) mass is 502 g/mol. The van der Waals surface area contributed by atoms with Crippen molar-refractivity contribution in [1.29, 1.82) is 0 Å². The molecule has 1 amide bonds. The molecule has 0 radical (unpaired) electrons. The number of nitrogens with one attached hydrogen (secondary N) is 1. The highest BCUT2D eigenvalue weighted by Gasteiger charge is 2.22. The van der Waals surface area contributed by atoms with Crippen molar-refractivity contribution < 1.29 is 4.79 Å². The summed E-state index contributed by atoms with van der Waals surface area (Å²) >= 11 is 0. The van der Waals surface area contributed by atoms with Crippen LogP contribution in [0.25, 0.3) is 0 Å². The van der Waals surface area contributed by atoms with Crippen LogP contribution in [0, 0.1) is 0 Å². The zero-order valence-electron chi connectivity index (χ0n) is 16.8. The van der Waals surface area contributed by atoms with Crippen molar-refractivity contribution in [3.63, 3.8) is 0 Å². The third-order valence-corrected chi connectivity index (χ3v) is 5.15. The molecule has 2 aliphatic rings. The summed E-state index contributed by atoms with van der Waals surface area (Å²) in [5, 5.41) is 3.48. The van der Waals surface area contributed by atoms with E-state index in [-0.39, 0.29) is 29.9 Å². The molecule has 2 fully saturated rings. The van der Waals surface area contributed by atoms with Crippen LogP contribution in [0.1, 0.15) is 6.92 Å². The molecule has 0 saturated carbocycles. The summed E-state index contributed by atoms with van der Waals surface area (Å²) in [4.78, 5) is 33.3. The van der Waals surface area contributed by atoms with E-state index in [1.807, 2.05) is 18.0 Å². The lowest BCUT2D eigenvalue weighted by Gasteiger charge is -2.37. The molecule has 0 spiro atoms. The van der Waals surface area contributed by atoms with Crippen molar-refractivity contribution in [2.24, 2.45) is 4.99 Å². The molecule has 0 aromatic carbocycles. The van der Waals surface area contributed by atoms with Gasteiger partial charge in [0, 0.05) is 91.8 Å². The Kier molecular flexibility index (Phi) is 9.16. The van der Waals surface area contributed by atoms with Gasteiger partial charge < -0.3 is 20.0 Å². The third kappa shape index (κ3) is 6.16. The number of anilines is 1. The quantitative estimate of drug-likeness (QED) is 0.352. The van der Waals surface area contributed by atoms with Crippen molar-refractivity contribution in [3.05, 3.63) is 18.5 Å². The van der Waals surface area contributed by atoms with Crippen LogP contribution in [0.4, 0.5) is 5.95 Å². The first-order valence-corrected chi connectivity index (χ1v) is 9.63. The molecule has 10 heteroatoms. The van der Waals surface area contributed by atoms with Crippen molar-refractivity contribution in [1.82, 2.24) is 30.0 Å². The number of hydrogen-bond donors (Lipinski definition) is 1. The second-order valence-corrected chi connectivity index (χ2v) is 6.84. The van der Waals surface area contributed by atoms with Gasteiger partial charge in [-0.15, -0.1) is 24.0 Å². The van der Waals surface area contributed by atoms with Crippen LogP contribution < -0.4 is 10.2 Å². The number of piperazine rings is 2. The minimum absolute atomic E-state index is 0. The zero-order valence-corrected chi connectivity index (χ0v) is 19.1. The first-order chi connectivity index (χ1) is 13.2. The molecule has 0 atom stereocenters. The van der Waals surface area contributed by atoms with E-state index >= 15 is 0 Å². The van der Waals surface area contributed by atoms with Gasteiger partial charge in [-0.25, -0.2) is 9.97 Å². The molecule has 3 rings (SSSR count). The molecule has 0 aliphatic carbocycles. The fraction of sp³-hybridized carbons (Fsp3) is 0.667. The molecule has 2 aliphatic heterocycles. The van der Waals surface area contributed by atoms with Gasteiger partial charge in [-0.05, 0) is 6.07 Å². The van der Waals surface area contributed by atoms with Crippen LogP contribution in [0.15, 0.2) is 23.5 Å². The molecule has 28 heavy (non-hydrogen) atoms. The number of carbonyl (C=O) groups is 1. The molecular formula is C18H31IN8O. The van der Waals surface area contributed by atoms with Gasteiger partial charge in [0.25, 0.3) is 0 Å². The molecule has 1 N–H and O–H groups in total. The normalized spacial score (nSPS) is 18.6. The van der Waals surface area contributed by atoms with E-state index in [0.29, 0.717) is 0 Å². The molecule has 1 aromatic rings. The maximum Gasteiger partial charge on any atom is 0.225 e. The fourth-order valence-corrected chi connectivity index (χ4v) is 3.52. The van der Waals surface area contributed by atoms with Crippen molar-refractivity contribution in [3.8, 4) is 0 Å².